The molecule has 31 heavy (non-hydrogen) atoms. The Morgan fingerprint density at radius 2 is 1.52 bits per heavy atom. The molecule has 0 saturated heterocycles. The quantitative estimate of drug-likeness (QED) is 0.526. The number of amides is 3. The first-order chi connectivity index (χ1) is 14.7. The smallest absolute Gasteiger partial charge is 0.269 e. The van der Waals surface area contributed by atoms with Crippen LogP contribution in [0.25, 0.3) is 0 Å². The van der Waals surface area contributed by atoms with Gasteiger partial charge in [0.2, 0.25) is 10.0 Å². The molecule has 3 N–H and O–H groups in total. The Morgan fingerprint density at radius 1 is 0.871 bits per heavy atom. The van der Waals surface area contributed by atoms with Crippen LogP contribution in [0.4, 0.5) is 0 Å². The molecule has 0 aliphatic heterocycles. The average molecular weight is 447 g/mol. The molecule has 0 fully saturated rings. The predicted molar refractivity (Wildman–Crippen MR) is 116 cm³/mol. The first kappa shape index (κ1) is 24.0. The zero-order chi connectivity index (χ0) is 23.0. The van der Waals surface area contributed by atoms with Gasteiger partial charge in [0.15, 0.2) is 0 Å². The molecular weight excluding hydrogens is 420 g/mol. The molecule has 0 aromatic heterocycles. The lowest BCUT2D eigenvalue weighted by Gasteiger charge is -2.18. The fourth-order valence-corrected chi connectivity index (χ4v) is 4.24. The first-order valence-electron chi connectivity index (χ1n) is 9.73. The van der Waals surface area contributed by atoms with E-state index >= 15 is 0 Å². The largest absolute Gasteiger partial charge is 0.343 e. The third-order valence-electron chi connectivity index (χ3n) is 4.46. The van der Waals surface area contributed by atoms with Crippen molar-refractivity contribution in [3.8, 4) is 0 Å². The third-order valence-corrected chi connectivity index (χ3v) is 6.53. The molecule has 0 heterocycles. The van der Waals surface area contributed by atoms with Crippen molar-refractivity contribution in [1.82, 2.24) is 20.5 Å². The summed E-state index contributed by atoms with van der Waals surface area (Å²) in [4.78, 5) is 36.2. The molecule has 9 nitrogen and oxygen atoms in total. The van der Waals surface area contributed by atoms with Gasteiger partial charge in [0.05, 0.1) is 11.4 Å². The molecule has 0 saturated carbocycles. The minimum Gasteiger partial charge on any atom is -0.343 e. The third kappa shape index (κ3) is 6.37. The van der Waals surface area contributed by atoms with E-state index in [2.05, 4.69) is 16.2 Å². The van der Waals surface area contributed by atoms with Crippen LogP contribution in [-0.4, -0.2) is 50.1 Å². The highest BCUT2D eigenvalue weighted by Crippen LogP contribution is 2.16. The molecular formula is C21H26N4O5S. The summed E-state index contributed by atoms with van der Waals surface area (Å²) >= 11 is 0. The van der Waals surface area contributed by atoms with Gasteiger partial charge in [-0.1, -0.05) is 31.5 Å². The Hall–Kier alpha value is -3.24. The summed E-state index contributed by atoms with van der Waals surface area (Å²) in [5, 5.41) is 2.41. The summed E-state index contributed by atoms with van der Waals surface area (Å²) in [6, 6.07) is 12.3. The van der Waals surface area contributed by atoms with Gasteiger partial charge in [-0.3, -0.25) is 25.2 Å². The van der Waals surface area contributed by atoms with Crippen molar-refractivity contribution < 1.29 is 22.8 Å². The Labute approximate surface area is 181 Å². The van der Waals surface area contributed by atoms with Gasteiger partial charge in [-0.25, -0.2) is 8.42 Å². The predicted octanol–water partition coefficient (Wildman–Crippen LogP) is 1.22. The van der Waals surface area contributed by atoms with Gasteiger partial charge in [-0.05, 0) is 43.3 Å². The van der Waals surface area contributed by atoms with Crippen LogP contribution in [0.15, 0.2) is 53.4 Å². The van der Waals surface area contributed by atoms with Crippen molar-refractivity contribution in [2.75, 3.05) is 19.6 Å². The number of hydrazine groups is 1. The lowest BCUT2D eigenvalue weighted by molar-refractivity contribution is -0.120. The molecule has 0 spiro atoms. The molecule has 0 aliphatic carbocycles. The Balaban J connectivity index is 1.88. The van der Waals surface area contributed by atoms with E-state index in [4.69, 9.17) is 0 Å². The van der Waals surface area contributed by atoms with E-state index in [9.17, 15) is 22.8 Å². The number of carbonyl (C=O) groups is 3. The minimum atomic E-state index is -3.61. The zero-order valence-electron chi connectivity index (χ0n) is 17.6. The summed E-state index contributed by atoms with van der Waals surface area (Å²) < 4.78 is 26.3. The summed E-state index contributed by atoms with van der Waals surface area (Å²) in [7, 11) is -3.61. The maximum atomic E-state index is 12.5. The van der Waals surface area contributed by atoms with Crippen molar-refractivity contribution in [1.29, 1.82) is 0 Å². The van der Waals surface area contributed by atoms with Gasteiger partial charge in [0.25, 0.3) is 17.7 Å². The van der Waals surface area contributed by atoms with Crippen LogP contribution < -0.4 is 16.2 Å². The van der Waals surface area contributed by atoms with Crippen LogP contribution in [0.3, 0.4) is 0 Å². The molecule has 0 unspecified atom stereocenters. The van der Waals surface area contributed by atoms with Crippen molar-refractivity contribution in [3.05, 3.63) is 65.2 Å². The molecule has 2 aromatic carbocycles. The van der Waals surface area contributed by atoms with Crippen LogP contribution in [0, 0.1) is 6.92 Å². The summed E-state index contributed by atoms with van der Waals surface area (Å²) in [6.45, 7) is 5.66. The SMILES string of the molecule is CCN(CC)S(=O)(=O)c1ccc(C(=O)NCC(=O)NNC(=O)c2cccc(C)c2)cc1. The van der Waals surface area contributed by atoms with E-state index in [-0.39, 0.29) is 17.0 Å². The van der Waals surface area contributed by atoms with Crippen LogP contribution >= 0.6 is 0 Å². The van der Waals surface area contributed by atoms with Crippen LogP contribution in [0.2, 0.25) is 0 Å². The molecule has 10 heteroatoms. The second-order valence-corrected chi connectivity index (χ2v) is 8.61. The maximum absolute atomic E-state index is 12.5. The van der Waals surface area contributed by atoms with Gasteiger partial charge < -0.3 is 5.32 Å². The van der Waals surface area contributed by atoms with Crippen molar-refractivity contribution in [2.45, 2.75) is 25.7 Å². The van der Waals surface area contributed by atoms with Gasteiger partial charge in [0.1, 0.15) is 0 Å². The molecule has 0 radical (unpaired) electrons. The van der Waals surface area contributed by atoms with Gasteiger partial charge in [-0.2, -0.15) is 4.31 Å². The van der Waals surface area contributed by atoms with Gasteiger partial charge in [-0.15, -0.1) is 0 Å². The fraction of sp³-hybridized carbons (Fsp3) is 0.286. The second kappa shape index (κ2) is 10.7. The van der Waals surface area contributed by atoms with E-state index in [1.165, 1.54) is 28.6 Å². The second-order valence-electron chi connectivity index (χ2n) is 6.67. The number of sulfonamides is 1. The number of benzene rings is 2. The lowest BCUT2D eigenvalue weighted by Crippen LogP contribution is -2.46. The number of aryl methyl sites for hydroxylation is 1. The minimum absolute atomic E-state index is 0.0874. The molecule has 0 bridgehead atoms. The maximum Gasteiger partial charge on any atom is 0.269 e. The van der Waals surface area contributed by atoms with Crippen LogP contribution in [0.5, 0.6) is 0 Å². The van der Waals surface area contributed by atoms with Crippen LogP contribution in [-0.2, 0) is 14.8 Å². The van der Waals surface area contributed by atoms with Gasteiger partial charge in [0, 0.05) is 24.2 Å². The monoisotopic (exact) mass is 446 g/mol. The van der Waals surface area contributed by atoms with Crippen molar-refractivity contribution in [3.63, 3.8) is 0 Å². The van der Waals surface area contributed by atoms with E-state index in [1.54, 1.807) is 32.0 Å². The summed E-state index contributed by atoms with van der Waals surface area (Å²) in [5.74, 6) is -1.64. The van der Waals surface area contributed by atoms with Crippen LogP contribution in [0.1, 0.15) is 40.1 Å². The Bertz CT molecular complexity index is 1050. The molecule has 0 aliphatic rings. The summed E-state index contributed by atoms with van der Waals surface area (Å²) in [5.41, 5.74) is 6.00. The molecule has 2 rings (SSSR count). The van der Waals surface area contributed by atoms with E-state index in [0.717, 1.165) is 5.56 Å². The Kier molecular flexibility index (Phi) is 8.29. The lowest BCUT2D eigenvalue weighted by atomic mass is 10.1. The number of hydrogen-bond acceptors (Lipinski definition) is 5. The highest BCUT2D eigenvalue weighted by Gasteiger charge is 2.21. The highest BCUT2D eigenvalue weighted by molar-refractivity contribution is 7.89. The number of carbonyl (C=O) groups excluding carboxylic acids is 3. The molecule has 0 atom stereocenters. The average Bonchev–Trinajstić information content (AvgIpc) is 2.76. The van der Waals surface area contributed by atoms with Gasteiger partial charge >= 0.3 is 0 Å². The highest BCUT2D eigenvalue weighted by atomic mass is 32.2. The van der Waals surface area contributed by atoms with E-state index in [1.807, 2.05) is 13.0 Å². The van der Waals surface area contributed by atoms with Crippen molar-refractivity contribution in [2.24, 2.45) is 0 Å². The number of rotatable bonds is 8. The molecule has 166 valence electrons. The topological polar surface area (TPSA) is 125 Å². The molecule has 2 aromatic rings. The number of nitrogens with one attached hydrogen (secondary N) is 3. The first-order valence-corrected chi connectivity index (χ1v) is 11.2. The number of hydrogen-bond donors (Lipinski definition) is 3. The molecule has 3 amide bonds. The Morgan fingerprint density at radius 3 is 2.10 bits per heavy atom. The normalized spacial score (nSPS) is 11.1. The van der Waals surface area contributed by atoms with E-state index < -0.39 is 27.7 Å². The summed E-state index contributed by atoms with van der Waals surface area (Å²) in [6.07, 6.45) is 0. The van der Waals surface area contributed by atoms with Crippen molar-refractivity contribution >= 4 is 27.7 Å². The number of nitrogens with zero attached hydrogens (tertiary/aromatic N) is 1. The van der Waals surface area contributed by atoms with E-state index in [0.29, 0.717) is 18.7 Å². The fourth-order valence-electron chi connectivity index (χ4n) is 2.78. The zero-order valence-corrected chi connectivity index (χ0v) is 18.5. The standard InChI is InChI=1S/C21H26N4O5S/c1-4-25(5-2)31(29,30)18-11-9-16(10-12-18)20(27)22-14-19(26)23-24-21(28)17-8-6-7-15(3)13-17/h6-13H,4-5,14H2,1-3H3,(H,22,27)(H,23,26)(H,24,28).